The van der Waals surface area contributed by atoms with E-state index in [0.717, 1.165) is 37.5 Å². The summed E-state index contributed by atoms with van der Waals surface area (Å²) in [6, 6.07) is 2.11. The van der Waals surface area contributed by atoms with E-state index >= 15 is 0 Å². The number of ether oxygens (including phenoxy) is 1. The molecule has 1 aliphatic heterocycles. The summed E-state index contributed by atoms with van der Waals surface area (Å²) >= 11 is 0. The van der Waals surface area contributed by atoms with Gasteiger partial charge in [0, 0.05) is 25.4 Å². The van der Waals surface area contributed by atoms with Crippen molar-refractivity contribution < 1.29 is 4.74 Å². The molecule has 4 nitrogen and oxygen atoms in total. The van der Waals surface area contributed by atoms with E-state index in [0.29, 0.717) is 6.10 Å². The summed E-state index contributed by atoms with van der Waals surface area (Å²) < 4.78 is 5.53. The second-order valence-corrected chi connectivity index (χ2v) is 4.00. The molecule has 0 radical (unpaired) electrons. The van der Waals surface area contributed by atoms with E-state index in [-0.39, 0.29) is 0 Å². The van der Waals surface area contributed by atoms with Crippen molar-refractivity contribution in [2.24, 2.45) is 0 Å². The smallest absolute Gasteiger partial charge is 0.0700 e. The Kier molecular flexibility index (Phi) is 3.75. The standard InChI is InChI=1S/C11H19N3O/c1-2-9-6-10(14-13-9)7-12-8-11-4-3-5-15-11/h6,11-12H,2-5,7-8H2,1H3,(H,13,14). The topological polar surface area (TPSA) is 49.9 Å². The molecule has 2 N–H and O–H groups in total. The normalized spacial score (nSPS) is 21.0. The van der Waals surface area contributed by atoms with Gasteiger partial charge in [0.25, 0.3) is 0 Å². The lowest BCUT2D eigenvalue weighted by Crippen LogP contribution is -2.25. The molecule has 4 heteroatoms. The molecule has 1 unspecified atom stereocenters. The summed E-state index contributed by atoms with van der Waals surface area (Å²) in [7, 11) is 0. The van der Waals surface area contributed by atoms with Gasteiger partial charge in [-0.1, -0.05) is 6.92 Å². The molecule has 1 atom stereocenters. The van der Waals surface area contributed by atoms with Crippen molar-refractivity contribution in [2.75, 3.05) is 13.2 Å². The number of aromatic nitrogens is 2. The van der Waals surface area contributed by atoms with Crippen LogP contribution in [-0.4, -0.2) is 29.5 Å². The van der Waals surface area contributed by atoms with Crippen LogP contribution in [-0.2, 0) is 17.7 Å². The maximum absolute atomic E-state index is 5.53. The van der Waals surface area contributed by atoms with Crippen LogP contribution in [0.3, 0.4) is 0 Å². The van der Waals surface area contributed by atoms with Crippen molar-refractivity contribution in [3.8, 4) is 0 Å². The summed E-state index contributed by atoms with van der Waals surface area (Å²) in [6.45, 7) is 4.84. The van der Waals surface area contributed by atoms with Crippen molar-refractivity contribution in [3.05, 3.63) is 17.5 Å². The summed E-state index contributed by atoms with van der Waals surface area (Å²) in [4.78, 5) is 0. The van der Waals surface area contributed by atoms with Gasteiger partial charge in [0.2, 0.25) is 0 Å². The van der Waals surface area contributed by atoms with Crippen molar-refractivity contribution in [2.45, 2.75) is 38.8 Å². The van der Waals surface area contributed by atoms with E-state index in [9.17, 15) is 0 Å². The molecule has 1 aromatic rings. The predicted octanol–water partition coefficient (Wildman–Crippen LogP) is 1.24. The molecule has 1 fully saturated rings. The highest BCUT2D eigenvalue weighted by Crippen LogP contribution is 2.10. The summed E-state index contributed by atoms with van der Waals surface area (Å²) in [6.07, 6.45) is 3.80. The fourth-order valence-corrected chi connectivity index (χ4v) is 1.85. The van der Waals surface area contributed by atoms with E-state index in [4.69, 9.17) is 4.74 Å². The first-order chi connectivity index (χ1) is 7.38. The third kappa shape index (κ3) is 3.04. The van der Waals surface area contributed by atoms with Gasteiger partial charge in [-0.3, -0.25) is 5.10 Å². The van der Waals surface area contributed by atoms with Crippen LogP contribution in [0, 0.1) is 0 Å². The Morgan fingerprint density at radius 1 is 1.67 bits per heavy atom. The molecule has 0 aromatic carbocycles. The fraction of sp³-hybridized carbons (Fsp3) is 0.727. The molecule has 0 bridgehead atoms. The molecule has 2 heterocycles. The molecular weight excluding hydrogens is 190 g/mol. The van der Waals surface area contributed by atoms with Crippen molar-refractivity contribution in [1.82, 2.24) is 15.5 Å². The van der Waals surface area contributed by atoms with Crippen LogP contribution in [0.15, 0.2) is 6.07 Å². The number of aryl methyl sites for hydroxylation is 1. The van der Waals surface area contributed by atoms with Crippen molar-refractivity contribution in [3.63, 3.8) is 0 Å². The minimum atomic E-state index is 0.415. The largest absolute Gasteiger partial charge is 0.377 e. The Morgan fingerprint density at radius 3 is 3.27 bits per heavy atom. The monoisotopic (exact) mass is 209 g/mol. The summed E-state index contributed by atoms with van der Waals surface area (Å²) in [5.74, 6) is 0. The maximum Gasteiger partial charge on any atom is 0.0700 e. The first-order valence-electron chi connectivity index (χ1n) is 5.74. The number of rotatable bonds is 5. The van der Waals surface area contributed by atoms with Gasteiger partial charge in [-0.25, -0.2) is 0 Å². The van der Waals surface area contributed by atoms with Gasteiger partial charge < -0.3 is 10.1 Å². The van der Waals surface area contributed by atoms with Crippen LogP contribution in [0.2, 0.25) is 0 Å². The van der Waals surface area contributed by atoms with Gasteiger partial charge in [-0.15, -0.1) is 0 Å². The quantitative estimate of drug-likeness (QED) is 0.767. The summed E-state index contributed by atoms with van der Waals surface area (Å²) in [5, 5.41) is 10.6. The lowest BCUT2D eigenvalue weighted by Gasteiger charge is -2.09. The average Bonchev–Trinajstić information content (AvgIpc) is 2.88. The van der Waals surface area contributed by atoms with E-state index in [1.54, 1.807) is 0 Å². The number of nitrogens with one attached hydrogen (secondary N) is 2. The number of aromatic amines is 1. The highest BCUT2D eigenvalue weighted by Gasteiger charge is 2.14. The molecule has 0 saturated carbocycles. The Morgan fingerprint density at radius 2 is 2.60 bits per heavy atom. The Labute approximate surface area is 90.4 Å². The van der Waals surface area contributed by atoms with E-state index in [1.807, 2.05) is 0 Å². The molecule has 1 aliphatic rings. The highest BCUT2D eigenvalue weighted by atomic mass is 16.5. The first-order valence-corrected chi connectivity index (χ1v) is 5.74. The molecule has 0 amide bonds. The van der Waals surface area contributed by atoms with E-state index in [2.05, 4.69) is 28.5 Å². The maximum atomic E-state index is 5.53. The van der Waals surface area contributed by atoms with Gasteiger partial charge in [-0.2, -0.15) is 5.10 Å². The van der Waals surface area contributed by atoms with Crippen LogP contribution < -0.4 is 5.32 Å². The minimum absolute atomic E-state index is 0.415. The Balaban J connectivity index is 1.68. The third-order valence-corrected chi connectivity index (χ3v) is 2.76. The Hall–Kier alpha value is -0.870. The van der Waals surface area contributed by atoms with Crippen LogP contribution in [0.5, 0.6) is 0 Å². The third-order valence-electron chi connectivity index (χ3n) is 2.76. The van der Waals surface area contributed by atoms with Crippen molar-refractivity contribution in [1.29, 1.82) is 0 Å². The Bertz CT molecular complexity index is 292. The lowest BCUT2D eigenvalue weighted by molar-refractivity contribution is 0.110. The number of hydrogen-bond acceptors (Lipinski definition) is 3. The van der Waals surface area contributed by atoms with E-state index in [1.165, 1.54) is 12.8 Å². The van der Waals surface area contributed by atoms with Gasteiger partial charge in [0.15, 0.2) is 0 Å². The molecule has 15 heavy (non-hydrogen) atoms. The zero-order chi connectivity index (χ0) is 10.5. The lowest BCUT2D eigenvalue weighted by atomic mass is 10.2. The number of hydrogen-bond donors (Lipinski definition) is 2. The summed E-state index contributed by atoms with van der Waals surface area (Å²) in [5.41, 5.74) is 2.29. The van der Waals surface area contributed by atoms with E-state index < -0.39 is 0 Å². The zero-order valence-corrected chi connectivity index (χ0v) is 9.25. The molecule has 0 aliphatic carbocycles. The van der Waals surface area contributed by atoms with Gasteiger partial charge in [0.1, 0.15) is 0 Å². The van der Waals surface area contributed by atoms with Crippen molar-refractivity contribution >= 4 is 0 Å². The molecule has 1 saturated heterocycles. The van der Waals surface area contributed by atoms with Crippen LogP contribution in [0.25, 0.3) is 0 Å². The minimum Gasteiger partial charge on any atom is -0.377 e. The van der Waals surface area contributed by atoms with Crippen LogP contribution >= 0.6 is 0 Å². The fourth-order valence-electron chi connectivity index (χ4n) is 1.85. The van der Waals surface area contributed by atoms with Crippen LogP contribution in [0.4, 0.5) is 0 Å². The predicted molar refractivity (Wildman–Crippen MR) is 58.6 cm³/mol. The second-order valence-electron chi connectivity index (χ2n) is 4.00. The molecule has 0 spiro atoms. The van der Waals surface area contributed by atoms with Gasteiger partial charge >= 0.3 is 0 Å². The first kappa shape index (κ1) is 10.6. The molecule has 1 aromatic heterocycles. The zero-order valence-electron chi connectivity index (χ0n) is 9.25. The molecular formula is C11H19N3O. The second kappa shape index (κ2) is 5.28. The SMILES string of the molecule is CCc1cc(CNCC2CCCO2)[nH]n1. The number of nitrogens with zero attached hydrogens (tertiary/aromatic N) is 1. The van der Waals surface area contributed by atoms with Gasteiger partial charge in [-0.05, 0) is 25.3 Å². The molecule has 2 rings (SSSR count). The molecule has 84 valence electrons. The van der Waals surface area contributed by atoms with Gasteiger partial charge in [0.05, 0.1) is 11.8 Å². The van der Waals surface area contributed by atoms with Crippen LogP contribution in [0.1, 0.15) is 31.2 Å². The number of H-pyrrole nitrogens is 1. The average molecular weight is 209 g/mol. The highest BCUT2D eigenvalue weighted by molar-refractivity contribution is 5.07.